The van der Waals surface area contributed by atoms with E-state index in [1.54, 1.807) is 0 Å². The summed E-state index contributed by atoms with van der Waals surface area (Å²) in [5.74, 6) is 0. The molecule has 0 aliphatic heterocycles. The summed E-state index contributed by atoms with van der Waals surface area (Å²) < 4.78 is 0. The minimum atomic E-state index is 0.473. The minimum Gasteiger partial charge on any atom is -0.308 e. The van der Waals surface area contributed by atoms with E-state index in [0.29, 0.717) is 6.04 Å². The fourth-order valence-electron chi connectivity index (χ4n) is 1.85. The third-order valence-corrected chi connectivity index (χ3v) is 2.71. The van der Waals surface area contributed by atoms with Crippen LogP contribution in [-0.2, 0) is 0 Å². The Morgan fingerprint density at radius 3 is 2.13 bits per heavy atom. The largest absolute Gasteiger partial charge is 0.308 e. The molecule has 2 heteroatoms. The van der Waals surface area contributed by atoms with Gasteiger partial charge in [0.05, 0.1) is 0 Å². The van der Waals surface area contributed by atoms with Crippen LogP contribution >= 0.6 is 0 Å². The van der Waals surface area contributed by atoms with Gasteiger partial charge in [0.2, 0.25) is 0 Å². The molecule has 1 aromatic rings. The number of hydrogen-bond donors (Lipinski definition) is 0. The highest BCUT2D eigenvalue weighted by Crippen LogP contribution is 2.21. The van der Waals surface area contributed by atoms with Gasteiger partial charge in [-0.05, 0) is 46.2 Å². The van der Waals surface area contributed by atoms with E-state index in [-0.39, 0.29) is 0 Å². The number of benzene rings is 1. The zero-order chi connectivity index (χ0) is 11.4. The number of hydrogen-bond acceptors (Lipinski definition) is 2. The molecule has 0 bridgehead atoms. The quantitative estimate of drug-likeness (QED) is 0.745. The molecule has 2 nitrogen and oxygen atoms in total. The van der Waals surface area contributed by atoms with Gasteiger partial charge in [-0.2, -0.15) is 0 Å². The van der Waals surface area contributed by atoms with Gasteiger partial charge in [0.1, 0.15) is 0 Å². The summed E-state index contributed by atoms with van der Waals surface area (Å²) >= 11 is 0. The van der Waals surface area contributed by atoms with Crippen LogP contribution in [0.25, 0.3) is 0 Å². The van der Waals surface area contributed by atoms with Crippen molar-refractivity contribution in [2.75, 3.05) is 34.7 Å². The molecule has 1 rings (SSSR count). The molecule has 0 aliphatic carbocycles. The molecule has 0 fully saturated rings. The first-order valence-corrected chi connectivity index (χ1v) is 5.39. The maximum Gasteiger partial charge on any atom is 0.0471 e. The fraction of sp³-hybridized carbons (Fsp3) is 0.538. The Balaban J connectivity index is 2.94. The van der Waals surface area contributed by atoms with Gasteiger partial charge in [0.25, 0.3) is 0 Å². The van der Waals surface area contributed by atoms with E-state index >= 15 is 0 Å². The van der Waals surface area contributed by atoms with E-state index in [0.717, 1.165) is 6.54 Å². The Labute approximate surface area is 93.5 Å². The van der Waals surface area contributed by atoms with E-state index in [4.69, 9.17) is 0 Å². The summed E-state index contributed by atoms with van der Waals surface area (Å²) in [6, 6.07) is 9.10. The molecule has 0 amide bonds. The lowest BCUT2D eigenvalue weighted by Crippen LogP contribution is -2.30. The summed E-state index contributed by atoms with van der Waals surface area (Å²) in [5, 5.41) is 0. The predicted octanol–water partition coefficient (Wildman–Crippen LogP) is 2.16. The number of aryl methyl sites for hydroxylation is 1. The highest BCUT2D eigenvalue weighted by Gasteiger charge is 2.16. The highest BCUT2D eigenvalue weighted by molar-refractivity contribution is 5.28. The SMILES string of the molecule is Cc1ccccc1C(CN(C)C)N(C)C. The van der Waals surface area contributed by atoms with Crippen LogP contribution in [0.3, 0.4) is 0 Å². The van der Waals surface area contributed by atoms with E-state index < -0.39 is 0 Å². The molecule has 1 atom stereocenters. The van der Waals surface area contributed by atoms with Crippen LogP contribution in [0.1, 0.15) is 17.2 Å². The average Bonchev–Trinajstić information content (AvgIpc) is 2.15. The Bertz CT molecular complexity index is 305. The smallest absolute Gasteiger partial charge is 0.0471 e. The molecule has 0 spiro atoms. The maximum absolute atomic E-state index is 2.28. The van der Waals surface area contributed by atoms with Crippen molar-refractivity contribution in [1.82, 2.24) is 9.80 Å². The van der Waals surface area contributed by atoms with Crippen molar-refractivity contribution in [2.45, 2.75) is 13.0 Å². The van der Waals surface area contributed by atoms with Gasteiger partial charge in [-0.1, -0.05) is 24.3 Å². The molecule has 0 saturated heterocycles. The van der Waals surface area contributed by atoms with Crippen LogP contribution in [0.15, 0.2) is 24.3 Å². The van der Waals surface area contributed by atoms with Crippen molar-refractivity contribution in [1.29, 1.82) is 0 Å². The standard InChI is InChI=1S/C13H22N2/c1-11-8-6-7-9-12(11)13(15(4)5)10-14(2)3/h6-9,13H,10H2,1-5H3. The summed E-state index contributed by atoms with van der Waals surface area (Å²) in [6.07, 6.45) is 0. The molecule has 1 aromatic carbocycles. The fourth-order valence-corrected chi connectivity index (χ4v) is 1.85. The first-order chi connectivity index (χ1) is 7.02. The highest BCUT2D eigenvalue weighted by atomic mass is 15.2. The van der Waals surface area contributed by atoms with Crippen molar-refractivity contribution in [3.8, 4) is 0 Å². The molecule has 84 valence electrons. The number of likely N-dealkylation sites (N-methyl/N-ethyl adjacent to an activating group) is 2. The molecule has 0 aromatic heterocycles. The van der Waals surface area contributed by atoms with Gasteiger partial charge in [-0.15, -0.1) is 0 Å². The van der Waals surface area contributed by atoms with Crippen molar-refractivity contribution < 1.29 is 0 Å². The normalized spacial score (nSPS) is 13.5. The first-order valence-electron chi connectivity index (χ1n) is 5.39. The zero-order valence-electron chi connectivity index (χ0n) is 10.5. The van der Waals surface area contributed by atoms with E-state index in [1.165, 1.54) is 11.1 Å². The van der Waals surface area contributed by atoms with Crippen molar-refractivity contribution in [3.63, 3.8) is 0 Å². The number of nitrogens with zero attached hydrogens (tertiary/aromatic N) is 2. The van der Waals surface area contributed by atoms with Crippen molar-refractivity contribution >= 4 is 0 Å². The average molecular weight is 206 g/mol. The van der Waals surface area contributed by atoms with Crippen molar-refractivity contribution in [2.24, 2.45) is 0 Å². The first kappa shape index (κ1) is 12.2. The van der Waals surface area contributed by atoms with Crippen LogP contribution in [-0.4, -0.2) is 44.5 Å². The number of rotatable bonds is 4. The van der Waals surface area contributed by atoms with Gasteiger partial charge in [-0.3, -0.25) is 0 Å². The van der Waals surface area contributed by atoms with Gasteiger partial charge >= 0.3 is 0 Å². The van der Waals surface area contributed by atoms with E-state index in [9.17, 15) is 0 Å². The summed E-state index contributed by atoms with van der Waals surface area (Å²) in [6.45, 7) is 3.24. The van der Waals surface area contributed by atoms with E-state index in [2.05, 4.69) is 69.2 Å². The second-order valence-electron chi connectivity index (χ2n) is 4.60. The van der Waals surface area contributed by atoms with E-state index in [1.807, 2.05) is 0 Å². The van der Waals surface area contributed by atoms with Gasteiger partial charge < -0.3 is 9.80 Å². The molecular formula is C13H22N2. The third kappa shape index (κ3) is 3.33. The summed E-state index contributed by atoms with van der Waals surface area (Å²) in [4.78, 5) is 4.51. The Morgan fingerprint density at radius 2 is 1.67 bits per heavy atom. The molecular weight excluding hydrogens is 184 g/mol. The molecule has 15 heavy (non-hydrogen) atoms. The predicted molar refractivity (Wildman–Crippen MR) is 66.2 cm³/mol. The minimum absolute atomic E-state index is 0.473. The molecule has 0 saturated carbocycles. The summed E-state index contributed by atoms with van der Waals surface area (Å²) in [7, 11) is 8.52. The second kappa shape index (κ2) is 5.29. The second-order valence-corrected chi connectivity index (χ2v) is 4.60. The topological polar surface area (TPSA) is 6.48 Å². The monoisotopic (exact) mass is 206 g/mol. The maximum atomic E-state index is 2.28. The van der Waals surface area contributed by atoms with Crippen LogP contribution in [0, 0.1) is 6.92 Å². The van der Waals surface area contributed by atoms with Crippen molar-refractivity contribution in [3.05, 3.63) is 35.4 Å². The summed E-state index contributed by atoms with van der Waals surface area (Å²) in [5.41, 5.74) is 2.80. The molecule has 1 unspecified atom stereocenters. The molecule has 0 aliphatic rings. The van der Waals surface area contributed by atoms with Gasteiger partial charge in [0.15, 0.2) is 0 Å². The Morgan fingerprint density at radius 1 is 1.07 bits per heavy atom. The lowest BCUT2D eigenvalue weighted by atomic mass is 10.0. The van der Waals surface area contributed by atoms with Gasteiger partial charge in [-0.25, -0.2) is 0 Å². The molecule has 0 heterocycles. The molecule has 0 radical (unpaired) electrons. The lowest BCUT2D eigenvalue weighted by Gasteiger charge is -2.28. The third-order valence-electron chi connectivity index (χ3n) is 2.71. The Kier molecular flexibility index (Phi) is 4.30. The van der Waals surface area contributed by atoms with Gasteiger partial charge in [0, 0.05) is 12.6 Å². The van der Waals surface area contributed by atoms with Crippen LogP contribution in [0.2, 0.25) is 0 Å². The zero-order valence-corrected chi connectivity index (χ0v) is 10.5. The van der Waals surface area contributed by atoms with Crippen LogP contribution in [0.5, 0.6) is 0 Å². The molecule has 0 N–H and O–H groups in total. The Hall–Kier alpha value is -0.860. The van der Waals surface area contributed by atoms with Crippen LogP contribution < -0.4 is 0 Å². The lowest BCUT2D eigenvalue weighted by molar-refractivity contribution is 0.231. The van der Waals surface area contributed by atoms with Crippen LogP contribution in [0.4, 0.5) is 0 Å².